The number of carboxylic acids is 1. The maximum absolute atomic E-state index is 12.3. The van der Waals surface area contributed by atoms with Crippen molar-refractivity contribution in [2.24, 2.45) is 11.8 Å². The highest BCUT2D eigenvalue weighted by atomic mass is 19.1. The summed E-state index contributed by atoms with van der Waals surface area (Å²) in [4.78, 5) is 21.9. The molecule has 0 aromatic heterocycles. The van der Waals surface area contributed by atoms with Gasteiger partial charge in [-0.15, -0.1) is 0 Å². The van der Waals surface area contributed by atoms with Crippen molar-refractivity contribution in [2.75, 3.05) is 6.67 Å². The van der Waals surface area contributed by atoms with Gasteiger partial charge in [0.2, 0.25) is 5.91 Å². The van der Waals surface area contributed by atoms with E-state index in [0.717, 1.165) is 6.42 Å². The Morgan fingerprint density at radius 1 is 1.38 bits per heavy atom. The summed E-state index contributed by atoms with van der Waals surface area (Å²) in [7, 11) is 0. The second-order valence-electron chi connectivity index (χ2n) is 4.23. The van der Waals surface area contributed by atoms with E-state index in [-0.39, 0.29) is 12.3 Å². The van der Waals surface area contributed by atoms with Crippen LogP contribution in [-0.4, -0.2) is 29.7 Å². The molecule has 0 aromatic rings. The molecular formula is C11H20FNO3. The van der Waals surface area contributed by atoms with Crippen molar-refractivity contribution in [3.05, 3.63) is 0 Å². The molecule has 0 saturated carbocycles. The first-order chi connectivity index (χ1) is 7.42. The van der Waals surface area contributed by atoms with Crippen LogP contribution in [-0.2, 0) is 9.59 Å². The molecule has 5 heteroatoms. The van der Waals surface area contributed by atoms with Crippen molar-refractivity contribution in [1.29, 1.82) is 0 Å². The number of nitrogens with one attached hydrogen (secondary N) is 1. The van der Waals surface area contributed by atoms with Crippen molar-refractivity contribution in [2.45, 2.75) is 39.7 Å². The van der Waals surface area contributed by atoms with Gasteiger partial charge in [-0.05, 0) is 11.8 Å². The Balaban J connectivity index is 4.20. The highest BCUT2D eigenvalue weighted by Gasteiger charge is 2.22. The molecule has 0 aliphatic heterocycles. The molecule has 94 valence electrons. The van der Waals surface area contributed by atoms with Gasteiger partial charge in [0, 0.05) is 6.42 Å². The molecule has 0 aromatic carbocycles. The van der Waals surface area contributed by atoms with Crippen LogP contribution in [0.15, 0.2) is 0 Å². The summed E-state index contributed by atoms with van der Waals surface area (Å²) < 4.78 is 12.3. The zero-order valence-corrected chi connectivity index (χ0v) is 10.00. The van der Waals surface area contributed by atoms with E-state index in [9.17, 15) is 14.0 Å². The van der Waals surface area contributed by atoms with E-state index in [1.165, 1.54) is 0 Å². The lowest BCUT2D eigenvalue weighted by molar-refractivity contribution is -0.142. The molecule has 16 heavy (non-hydrogen) atoms. The number of amides is 1. The molecule has 0 rings (SSSR count). The second kappa shape index (κ2) is 7.19. The molecule has 0 spiro atoms. The average molecular weight is 233 g/mol. The molecule has 0 radical (unpaired) electrons. The number of rotatable bonds is 7. The number of alkyl halides is 1. The number of carbonyl (C=O) groups is 2. The lowest BCUT2D eigenvalue weighted by atomic mass is 9.90. The van der Waals surface area contributed by atoms with Gasteiger partial charge >= 0.3 is 5.97 Å². The summed E-state index contributed by atoms with van der Waals surface area (Å²) in [5.41, 5.74) is 0. The smallest absolute Gasteiger partial charge is 0.328 e. The topological polar surface area (TPSA) is 66.4 Å². The van der Waals surface area contributed by atoms with E-state index < -0.39 is 24.6 Å². The number of carbonyl (C=O) groups excluding carboxylic acids is 1. The molecule has 0 bridgehead atoms. The summed E-state index contributed by atoms with van der Waals surface area (Å²) >= 11 is 0. The van der Waals surface area contributed by atoms with Crippen LogP contribution in [0.2, 0.25) is 0 Å². The van der Waals surface area contributed by atoms with E-state index in [1.807, 2.05) is 20.8 Å². The van der Waals surface area contributed by atoms with E-state index >= 15 is 0 Å². The molecule has 2 atom stereocenters. The Bertz CT molecular complexity index is 243. The number of hydrogen-bond donors (Lipinski definition) is 2. The van der Waals surface area contributed by atoms with Crippen LogP contribution in [0.25, 0.3) is 0 Å². The summed E-state index contributed by atoms with van der Waals surface area (Å²) in [5.74, 6) is -1.18. The molecule has 0 aliphatic carbocycles. The molecule has 2 unspecified atom stereocenters. The van der Waals surface area contributed by atoms with Crippen LogP contribution in [0.1, 0.15) is 33.6 Å². The number of halogens is 1. The largest absolute Gasteiger partial charge is 0.480 e. The SMILES string of the molecule is CCC(CC(=O)NC(CF)C(=O)O)C(C)C. The van der Waals surface area contributed by atoms with Crippen LogP contribution < -0.4 is 5.32 Å². The molecule has 4 nitrogen and oxygen atoms in total. The van der Waals surface area contributed by atoms with Crippen molar-refractivity contribution in [3.8, 4) is 0 Å². The molecule has 2 N–H and O–H groups in total. The summed E-state index contributed by atoms with van der Waals surface area (Å²) in [6.45, 7) is 4.90. The minimum atomic E-state index is -1.42. The Morgan fingerprint density at radius 3 is 2.25 bits per heavy atom. The first-order valence-corrected chi connectivity index (χ1v) is 5.50. The van der Waals surface area contributed by atoms with E-state index in [2.05, 4.69) is 5.32 Å². The first-order valence-electron chi connectivity index (χ1n) is 5.50. The van der Waals surface area contributed by atoms with Gasteiger partial charge in [-0.3, -0.25) is 4.79 Å². The predicted octanol–water partition coefficient (Wildman–Crippen LogP) is 1.60. The quantitative estimate of drug-likeness (QED) is 0.702. The van der Waals surface area contributed by atoms with Crippen molar-refractivity contribution < 1.29 is 19.1 Å². The van der Waals surface area contributed by atoms with Gasteiger partial charge in [0.15, 0.2) is 6.04 Å². The normalized spacial score (nSPS) is 14.6. The number of hydrogen-bond acceptors (Lipinski definition) is 2. The van der Waals surface area contributed by atoms with Gasteiger partial charge in [0.25, 0.3) is 0 Å². The van der Waals surface area contributed by atoms with Crippen LogP contribution >= 0.6 is 0 Å². The second-order valence-corrected chi connectivity index (χ2v) is 4.23. The Labute approximate surface area is 95.2 Å². The van der Waals surface area contributed by atoms with Gasteiger partial charge in [0.1, 0.15) is 6.67 Å². The molecule has 1 amide bonds. The zero-order valence-electron chi connectivity index (χ0n) is 10.00. The van der Waals surface area contributed by atoms with E-state index in [1.54, 1.807) is 0 Å². The minimum Gasteiger partial charge on any atom is -0.480 e. The zero-order chi connectivity index (χ0) is 12.7. The van der Waals surface area contributed by atoms with Crippen LogP contribution in [0.5, 0.6) is 0 Å². The van der Waals surface area contributed by atoms with Gasteiger partial charge < -0.3 is 10.4 Å². The first kappa shape index (κ1) is 14.9. The maximum Gasteiger partial charge on any atom is 0.328 e. The van der Waals surface area contributed by atoms with Crippen molar-refractivity contribution in [3.63, 3.8) is 0 Å². The molecule has 0 aliphatic rings. The van der Waals surface area contributed by atoms with Crippen LogP contribution in [0.3, 0.4) is 0 Å². The van der Waals surface area contributed by atoms with Crippen LogP contribution in [0.4, 0.5) is 4.39 Å². The molecule has 0 saturated heterocycles. The summed E-state index contributed by atoms with van der Waals surface area (Å²) in [6, 6.07) is -1.42. The predicted molar refractivity (Wildman–Crippen MR) is 58.8 cm³/mol. The average Bonchev–Trinajstić information content (AvgIpc) is 2.21. The Morgan fingerprint density at radius 2 is 1.94 bits per heavy atom. The van der Waals surface area contributed by atoms with Crippen molar-refractivity contribution >= 4 is 11.9 Å². The highest BCUT2D eigenvalue weighted by molar-refractivity contribution is 5.83. The molecule has 0 heterocycles. The van der Waals surface area contributed by atoms with E-state index in [0.29, 0.717) is 5.92 Å². The monoisotopic (exact) mass is 233 g/mol. The molecular weight excluding hydrogens is 213 g/mol. The fraction of sp³-hybridized carbons (Fsp3) is 0.818. The van der Waals surface area contributed by atoms with Gasteiger partial charge in [0.05, 0.1) is 0 Å². The standard InChI is InChI=1S/C11H20FNO3/c1-4-8(7(2)3)5-10(14)13-9(6-12)11(15)16/h7-9H,4-6H2,1-3H3,(H,13,14)(H,15,16). The van der Waals surface area contributed by atoms with Gasteiger partial charge in [-0.25, -0.2) is 9.18 Å². The van der Waals surface area contributed by atoms with Crippen molar-refractivity contribution in [1.82, 2.24) is 5.32 Å². The lowest BCUT2D eigenvalue weighted by Gasteiger charge is -2.19. The number of aliphatic carboxylic acids is 1. The summed E-state index contributed by atoms with van der Waals surface area (Å²) in [6.07, 6.45) is 1.09. The van der Waals surface area contributed by atoms with E-state index in [4.69, 9.17) is 5.11 Å². The fourth-order valence-electron chi connectivity index (χ4n) is 1.51. The highest BCUT2D eigenvalue weighted by Crippen LogP contribution is 2.18. The van der Waals surface area contributed by atoms with Gasteiger partial charge in [-0.1, -0.05) is 27.2 Å². The van der Waals surface area contributed by atoms with Crippen LogP contribution in [0, 0.1) is 11.8 Å². The maximum atomic E-state index is 12.3. The summed E-state index contributed by atoms with van der Waals surface area (Å²) in [5, 5.41) is 10.7. The lowest BCUT2D eigenvalue weighted by Crippen LogP contribution is -2.43. The third-order valence-corrected chi connectivity index (χ3v) is 2.70. The fourth-order valence-corrected chi connectivity index (χ4v) is 1.51. The Kier molecular flexibility index (Phi) is 6.69. The number of carboxylic acid groups (broad SMARTS) is 1. The molecule has 0 fully saturated rings. The minimum absolute atomic E-state index is 0.203. The third kappa shape index (κ3) is 5.09. The van der Waals surface area contributed by atoms with Gasteiger partial charge in [-0.2, -0.15) is 0 Å². The Hall–Kier alpha value is -1.13. The third-order valence-electron chi connectivity index (χ3n) is 2.70.